The van der Waals surface area contributed by atoms with Gasteiger partial charge in [0, 0.05) is 11.8 Å². The summed E-state index contributed by atoms with van der Waals surface area (Å²) in [6.07, 6.45) is 2.22. The molecule has 1 atom stereocenters. The highest BCUT2D eigenvalue weighted by Crippen LogP contribution is 2.18. The second-order valence-corrected chi connectivity index (χ2v) is 6.26. The van der Waals surface area contributed by atoms with Crippen LogP contribution < -0.4 is 5.73 Å². The first-order valence-corrected chi connectivity index (χ1v) is 7.34. The molecule has 0 amide bonds. The second kappa shape index (κ2) is 6.71. The third-order valence-corrected chi connectivity index (χ3v) is 3.08. The van der Waals surface area contributed by atoms with Crippen LogP contribution in [0.4, 0.5) is 0 Å². The van der Waals surface area contributed by atoms with Gasteiger partial charge in [-0.3, -0.25) is 9.78 Å². The van der Waals surface area contributed by atoms with Crippen LogP contribution in [0.3, 0.4) is 0 Å². The molecule has 0 saturated heterocycles. The number of hydrogen-bond donors (Lipinski definition) is 1. The summed E-state index contributed by atoms with van der Waals surface area (Å²) in [5.74, 6) is -0.374. The van der Waals surface area contributed by atoms with Crippen LogP contribution in [0.25, 0.3) is 11.3 Å². The van der Waals surface area contributed by atoms with Gasteiger partial charge in [0.05, 0.1) is 5.69 Å². The quantitative estimate of drug-likeness (QED) is 0.881. The lowest BCUT2D eigenvalue weighted by Crippen LogP contribution is -2.38. The van der Waals surface area contributed by atoms with Crippen LogP contribution in [0, 0.1) is 0 Å². The lowest BCUT2D eigenvalue weighted by Gasteiger charge is -2.22. The minimum absolute atomic E-state index is 0.374. The van der Waals surface area contributed by atoms with Gasteiger partial charge in [-0.1, -0.05) is 30.3 Å². The van der Waals surface area contributed by atoms with Gasteiger partial charge in [0.2, 0.25) is 0 Å². The molecule has 2 aromatic rings. The highest BCUT2D eigenvalue weighted by atomic mass is 16.6. The van der Waals surface area contributed by atoms with Gasteiger partial charge in [-0.05, 0) is 44.9 Å². The van der Waals surface area contributed by atoms with Crippen molar-refractivity contribution in [3.8, 4) is 11.3 Å². The Morgan fingerprint density at radius 2 is 1.86 bits per heavy atom. The van der Waals surface area contributed by atoms with Gasteiger partial charge in [0.1, 0.15) is 11.6 Å². The Labute approximate surface area is 131 Å². The van der Waals surface area contributed by atoms with E-state index >= 15 is 0 Å². The first kappa shape index (κ1) is 16.2. The number of carbonyl (C=O) groups excluding carboxylic acids is 1. The van der Waals surface area contributed by atoms with E-state index in [0.717, 1.165) is 16.8 Å². The van der Waals surface area contributed by atoms with Crippen LogP contribution in [0.5, 0.6) is 0 Å². The van der Waals surface area contributed by atoms with E-state index in [1.807, 2.05) is 63.2 Å². The fraction of sp³-hybridized carbons (Fsp3) is 0.333. The number of nitrogens with two attached hydrogens (primary N) is 1. The molecule has 0 aliphatic heterocycles. The smallest absolute Gasteiger partial charge is 0.323 e. The number of nitrogens with zero attached hydrogens (tertiary/aromatic N) is 1. The summed E-state index contributed by atoms with van der Waals surface area (Å²) in [6, 6.07) is 13.1. The lowest BCUT2D eigenvalue weighted by molar-refractivity contribution is -0.156. The maximum atomic E-state index is 11.9. The summed E-state index contributed by atoms with van der Waals surface area (Å²) in [6.45, 7) is 5.50. The van der Waals surface area contributed by atoms with E-state index in [-0.39, 0.29) is 5.97 Å². The number of esters is 1. The Balaban J connectivity index is 2.01. The molecule has 0 radical (unpaired) electrons. The van der Waals surface area contributed by atoms with E-state index in [2.05, 4.69) is 4.98 Å². The van der Waals surface area contributed by atoms with Gasteiger partial charge in [0.15, 0.2) is 0 Å². The zero-order valence-corrected chi connectivity index (χ0v) is 13.2. The molecular weight excluding hydrogens is 276 g/mol. The molecule has 0 unspecified atom stereocenters. The minimum Gasteiger partial charge on any atom is -0.459 e. The van der Waals surface area contributed by atoms with Gasteiger partial charge >= 0.3 is 5.97 Å². The summed E-state index contributed by atoms with van der Waals surface area (Å²) < 4.78 is 5.29. The summed E-state index contributed by atoms with van der Waals surface area (Å²) in [7, 11) is 0. The SMILES string of the molecule is CC(C)(C)OC(=O)[C@H](N)Cc1ccc(-c2ccccn2)cc1. The molecule has 2 N–H and O–H groups in total. The van der Waals surface area contributed by atoms with Gasteiger partial charge in [-0.25, -0.2) is 0 Å². The molecule has 0 spiro atoms. The third kappa shape index (κ3) is 4.67. The molecule has 0 aliphatic rings. The van der Waals surface area contributed by atoms with Crippen LogP contribution >= 0.6 is 0 Å². The zero-order chi connectivity index (χ0) is 16.2. The Morgan fingerprint density at radius 3 is 2.41 bits per heavy atom. The van der Waals surface area contributed by atoms with Crippen molar-refractivity contribution in [3.63, 3.8) is 0 Å². The van der Waals surface area contributed by atoms with Crippen LogP contribution in [0.15, 0.2) is 48.7 Å². The van der Waals surface area contributed by atoms with E-state index in [1.165, 1.54) is 0 Å². The molecule has 22 heavy (non-hydrogen) atoms. The molecule has 0 aliphatic carbocycles. The predicted molar refractivity (Wildman–Crippen MR) is 87.2 cm³/mol. The molecule has 0 saturated carbocycles. The van der Waals surface area contributed by atoms with Crippen LogP contribution in [0.1, 0.15) is 26.3 Å². The van der Waals surface area contributed by atoms with Gasteiger partial charge in [-0.15, -0.1) is 0 Å². The van der Waals surface area contributed by atoms with Crippen molar-refractivity contribution in [2.24, 2.45) is 5.73 Å². The van der Waals surface area contributed by atoms with Crippen molar-refractivity contribution >= 4 is 5.97 Å². The van der Waals surface area contributed by atoms with Crippen molar-refractivity contribution in [2.45, 2.75) is 38.8 Å². The number of benzene rings is 1. The fourth-order valence-corrected chi connectivity index (χ4v) is 2.06. The molecular formula is C18H22N2O2. The van der Waals surface area contributed by atoms with E-state index < -0.39 is 11.6 Å². The Morgan fingerprint density at radius 1 is 1.18 bits per heavy atom. The van der Waals surface area contributed by atoms with Crippen molar-refractivity contribution in [3.05, 3.63) is 54.2 Å². The first-order valence-electron chi connectivity index (χ1n) is 7.34. The van der Waals surface area contributed by atoms with Crippen LogP contribution in [-0.2, 0) is 16.0 Å². The molecule has 116 valence electrons. The van der Waals surface area contributed by atoms with E-state index in [4.69, 9.17) is 10.5 Å². The van der Waals surface area contributed by atoms with E-state index in [0.29, 0.717) is 6.42 Å². The number of pyridine rings is 1. The standard InChI is InChI=1S/C18H22N2O2/c1-18(2,3)22-17(21)15(19)12-13-7-9-14(10-8-13)16-6-4-5-11-20-16/h4-11,15H,12,19H2,1-3H3/t15-/m1/s1. The van der Waals surface area contributed by atoms with E-state index in [1.54, 1.807) is 6.20 Å². The van der Waals surface area contributed by atoms with Crippen molar-refractivity contribution in [1.29, 1.82) is 0 Å². The molecule has 4 nitrogen and oxygen atoms in total. The maximum Gasteiger partial charge on any atom is 0.323 e. The van der Waals surface area contributed by atoms with Crippen molar-refractivity contribution in [1.82, 2.24) is 4.98 Å². The Kier molecular flexibility index (Phi) is 4.93. The maximum absolute atomic E-state index is 11.9. The second-order valence-electron chi connectivity index (χ2n) is 6.26. The Bertz CT molecular complexity index is 616. The minimum atomic E-state index is -0.653. The molecule has 0 fully saturated rings. The molecule has 1 aromatic carbocycles. The topological polar surface area (TPSA) is 65.2 Å². The largest absolute Gasteiger partial charge is 0.459 e. The number of rotatable bonds is 4. The third-order valence-electron chi connectivity index (χ3n) is 3.08. The Hall–Kier alpha value is -2.20. The number of hydrogen-bond acceptors (Lipinski definition) is 4. The highest BCUT2D eigenvalue weighted by Gasteiger charge is 2.22. The number of ether oxygens (including phenoxy) is 1. The van der Waals surface area contributed by atoms with Gasteiger partial charge in [0.25, 0.3) is 0 Å². The van der Waals surface area contributed by atoms with Crippen molar-refractivity contribution < 1.29 is 9.53 Å². The molecule has 4 heteroatoms. The van der Waals surface area contributed by atoms with E-state index in [9.17, 15) is 4.79 Å². The summed E-state index contributed by atoms with van der Waals surface area (Å²) in [5.41, 5.74) is 8.36. The van der Waals surface area contributed by atoms with Crippen molar-refractivity contribution in [2.75, 3.05) is 0 Å². The monoisotopic (exact) mass is 298 g/mol. The average molecular weight is 298 g/mol. The normalized spacial score (nSPS) is 12.7. The summed E-state index contributed by atoms with van der Waals surface area (Å²) in [5, 5.41) is 0. The molecule has 1 aromatic heterocycles. The average Bonchev–Trinajstić information content (AvgIpc) is 2.47. The molecule has 1 heterocycles. The summed E-state index contributed by atoms with van der Waals surface area (Å²) >= 11 is 0. The predicted octanol–water partition coefficient (Wildman–Crippen LogP) is 2.96. The van der Waals surface area contributed by atoms with Gasteiger partial charge < -0.3 is 10.5 Å². The zero-order valence-electron chi connectivity index (χ0n) is 13.2. The first-order chi connectivity index (χ1) is 10.3. The van der Waals surface area contributed by atoms with Gasteiger partial charge in [-0.2, -0.15) is 0 Å². The van der Waals surface area contributed by atoms with Crippen LogP contribution in [-0.4, -0.2) is 22.6 Å². The lowest BCUT2D eigenvalue weighted by atomic mass is 10.0. The fourth-order valence-electron chi connectivity index (χ4n) is 2.06. The number of aromatic nitrogens is 1. The number of carbonyl (C=O) groups is 1. The molecule has 2 rings (SSSR count). The summed E-state index contributed by atoms with van der Waals surface area (Å²) in [4.78, 5) is 16.2. The molecule has 0 bridgehead atoms. The highest BCUT2D eigenvalue weighted by molar-refractivity contribution is 5.76. The van der Waals surface area contributed by atoms with Crippen LogP contribution in [0.2, 0.25) is 0 Å².